The summed E-state index contributed by atoms with van der Waals surface area (Å²) >= 11 is 0. The molecule has 0 aliphatic heterocycles. The number of carbonyl (C=O) groups is 3. The molecule has 1 atom stereocenters. The van der Waals surface area contributed by atoms with Crippen LogP contribution in [0.1, 0.15) is 194 Å². The van der Waals surface area contributed by atoms with Crippen LogP contribution in [0.4, 0.5) is 0 Å². The van der Waals surface area contributed by atoms with Crippen LogP contribution >= 0.6 is 0 Å². The molecule has 0 saturated heterocycles. The predicted octanol–water partition coefficient (Wildman–Crippen LogP) is 16.7. The Morgan fingerprint density at radius 1 is 0.344 bits per heavy atom. The van der Waals surface area contributed by atoms with Gasteiger partial charge in [0.15, 0.2) is 6.10 Å². The van der Waals surface area contributed by atoms with Gasteiger partial charge < -0.3 is 14.2 Å². The van der Waals surface area contributed by atoms with Crippen molar-refractivity contribution in [3.63, 3.8) is 0 Å². The number of unbranched alkanes of at least 4 members (excludes halogenated alkanes) is 16. The maximum absolute atomic E-state index is 12.8. The maximum Gasteiger partial charge on any atom is 0.306 e. The molecule has 0 aliphatic carbocycles. The summed E-state index contributed by atoms with van der Waals surface area (Å²) in [5.74, 6) is -1.05. The molecule has 1 unspecified atom stereocenters. The fraction of sp³-hybridized carbons (Fsp3) is 0.569. The van der Waals surface area contributed by atoms with E-state index in [4.69, 9.17) is 14.2 Å². The Hall–Kier alpha value is -4.45. The number of ether oxygens (including phenoxy) is 3. The molecular formula is C58H90O6. The van der Waals surface area contributed by atoms with Gasteiger partial charge in [-0.1, -0.05) is 219 Å². The van der Waals surface area contributed by atoms with E-state index in [1.54, 1.807) is 0 Å². The second-order valence-electron chi connectivity index (χ2n) is 16.2. The van der Waals surface area contributed by atoms with Gasteiger partial charge in [0.05, 0.1) is 0 Å². The van der Waals surface area contributed by atoms with Crippen molar-refractivity contribution in [2.75, 3.05) is 13.2 Å². The molecule has 64 heavy (non-hydrogen) atoms. The highest BCUT2D eigenvalue weighted by atomic mass is 16.6. The first-order valence-corrected chi connectivity index (χ1v) is 25.3. The molecule has 0 rings (SSSR count). The molecule has 0 aromatic rings. The van der Waals surface area contributed by atoms with Crippen molar-refractivity contribution in [1.29, 1.82) is 0 Å². The average Bonchev–Trinajstić information content (AvgIpc) is 3.29. The van der Waals surface area contributed by atoms with E-state index in [2.05, 4.69) is 81.5 Å². The van der Waals surface area contributed by atoms with E-state index in [1.807, 2.05) is 72.9 Å². The van der Waals surface area contributed by atoms with Crippen LogP contribution in [0.15, 0.2) is 134 Å². The second-order valence-corrected chi connectivity index (χ2v) is 16.2. The van der Waals surface area contributed by atoms with E-state index in [1.165, 1.54) is 57.8 Å². The molecule has 0 heterocycles. The lowest BCUT2D eigenvalue weighted by Crippen LogP contribution is -2.30. The van der Waals surface area contributed by atoms with Crippen LogP contribution in [0.5, 0.6) is 0 Å². The first-order valence-electron chi connectivity index (χ1n) is 25.3. The average molecular weight is 883 g/mol. The van der Waals surface area contributed by atoms with Crippen molar-refractivity contribution in [2.45, 2.75) is 200 Å². The van der Waals surface area contributed by atoms with Gasteiger partial charge >= 0.3 is 17.9 Å². The molecule has 0 bridgehead atoms. The summed E-state index contributed by atoms with van der Waals surface area (Å²) in [4.78, 5) is 37.9. The van der Waals surface area contributed by atoms with Gasteiger partial charge in [-0.2, -0.15) is 0 Å². The van der Waals surface area contributed by atoms with Crippen LogP contribution in [0, 0.1) is 0 Å². The van der Waals surface area contributed by atoms with E-state index in [0.29, 0.717) is 19.3 Å². The van der Waals surface area contributed by atoms with E-state index >= 15 is 0 Å². The van der Waals surface area contributed by atoms with E-state index in [9.17, 15) is 14.4 Å². The maximum atomic E-state index is 12.8. The first-order chi connectivity index (χ1) is 31.5. The fourth-order valence-corrected chi connectivity index (χ4v) is 6.24. The normalized spacial score (nSPS) is 13.2. The molecule has 0 aromatic carbocycles. The third-order valence-corrected chi connectivity index (χ3v) is 10.1. The van der Waals surface area contributed by atoms with E-state index < -0.39 is 6.10 Å². The molecule has 6 nitrogen and oxygen atoms in total. The minimum atomic E-state index is -0.832. The van der Waals surface area contributed by atoms with Crippen LogP contribution in [-0.4, -0.2) is 37.2 Å². The lowest BCUT2D eigenvalue weighted by molar-refractivity contribution is -0.167. The van der Waals surface area contributed by atoms with Crippen molar-refractivity contribution in [3.8, 4) is 0 Å². The fourth-order valence-electron chi connectivity index (χ4n) is 6.24. The number of allylic oxidation sites excluding steroid dienone is 22. The van der Waals surface area contributed by atoms with E-state index in [-0.39, 0.29) is 44.0 Å². The monoisotopic (exact) mass is 883 g/mol. The van der Waals surface area contributed by atoms with Crippen LogP contribution in [0.2, 0.25) is 0 Å². The third kappa shape index (κ3) is 48.6. The molecule has 0 saturated carbocycles. The van der Waals surface area contributed by atoms with Crippen LogP contribution < -0.4 is 0 Å². The number of rotatable bonds is 43. The zero-order valence-electron chi connectivity index (χ0n) is 40.7. The molecule has 0 fully saturated rings. The minimum absolute atomic E-state index is 0.124. The van der Waals surface area contributed by atoms with Crippen LogP contribution in [-0.2, 0) is 28.6 Å². The Labute approximate surface area is 392 Å². The highest BCUT2D eigenvalue weighted by molar-refractivity contribution is 5.71. The Bertz CT molecular complexity index is 1430. The first kappa shape index (κ1) is 59.5. The smallest absolute Gasteiger partial charge is 0.306 e. The quantitative estimate of drug-likeness (QED) is 0.0200. The second kappa shape index (κ2) is 51.2. The van der Waals surface area contributed by atoms with Gasteiger partial charge in [-0.25, -0.2) is 0 Å². The predicted molar refractivity (Wildman–Crippen MR) is 274 cm³/mol. The lowest BCUT2D eigenvalue weighted by Gasteiger charge is -2.18. The van der Waals surface area contributed by atoms with Gasteiger partial charge in [0.2, 0.25) is 0 Å². The molecule has 0 spiro atoms. The van der Waals surface area contributed by atoms with Crippen molar-refractivity contribution < 1.29 is 28.6 Å². The highest BCUT2D eigenvalue weighted by Crippen LogP contribution is 2.11. The van der Waals surface area contributed by atoms with E-state index in [0.717, 1.165) is 83.5 Å². The van der Waals surface area contributed by atoms with Gasteiger partial charge in [-0.3, -0.25) is 14.4 Å². The van der Waals surface area contributed by atoms with Crippen LogP contribution in [0.25, 0.3) is 0 Å². The molecule has 6 heteroatoms. The zero-order valence-corrected chi connectivity index (χ0v) is 40.7. The summed E-state index contributed by atoms with van der Waals surface area (Å²) < 4.78 is 16.7. The molecule has 0 amide bonds. The van der Waals surface area contributed by atoms with Gasteiger partial charge in [0.1, 0.15) is 13.2 Å². The Morgan fingerprint density at radius 3 is 1.22 bits per heavy atom. The highest BCUT2D eigenvalue weighted by Gasteiger charge is 2.19. The van der Waals surface area contributed by atoms with Gasteiger partial charge in [0, 0.05) is 19.3 Å². The molecule has 0 radical (unpaired) electrons. The Morgan fingerprint density at radius 2 is 0.703 bits per heavy atom. The Kier molecular flexibility index (Phi) is 47.6. The van der Waals surface area contributed by atoms with Gasteiger partial charge in [-0.15, -0.1) is 0 Å². The summed E-state index contributed by atoms with van der Waals surface area (Å²) in [5.41, 5.74) is 0. The summed E-state index contributed by atoms with van der Waals surface area (Å²) in [7, 11) is 0. The van der Waals surface area contributed by atoms with Gasteiger partial charge in [-0.05, 0) is 89.9 Å². The minimum Gasteiger partial charge on any atom is -0.462 e. The van der Waals surface area contributed by atoms with Crippen molar-refractivity contribution in [3.05, 3.63) is 134 Å². The topological polar surface area (TPSA) is 78.9 Å². The number of hydrogen-bond acceptors (Lipinski definition) is 6. The number of carbonyl (C=O) groups excluding carboxylic acids is 3. The zero-order chi connectivity index (χ0) is 46.5. The summed E-state index contributed by atoms with van der Waals surface area (Å²) in [5, 5.41) is 0. The summed E-state index contributed by atoms with van der Waals surface area (Å²) in [6.07, 6.45) is 71.5. The molecule has 0 N–H and O–H groups in total. The molecule has 358 valence electrons. The largest absolute Gasteiger partial charge is 0.462 e. The third-order valence-electron chi connectivity index (χ3n) is 10.1. The lowest BCUT2D eigenvalue weighted by atomic mass is 10.1. The van der Waals surface area contributed by atoms with Crippen molar-refractivity contribution in [2.24, 2.45) is 0 Å². The summed E-state index contributed by atoms with van der Waals surface area (Å²) in [6, 6.07) is 0. The SMILES string of the molecule is CC\C=C/C=C\C=C/C=C\C=C\C=C/C=C\CCCCCC(=O)OCC(COC(=O)CCCCCC/C=C\CCCC)OC(=O)CCC/C=C\C/C=C\C/C=C\CCCCCCCC. The molecular weight excluding hydrogens is 793 g/mol. The van der Waals surface area contributed by atoms with Crippen molar-refractivity contribution >= 4 is 17.9 Å². The Balaban J connectivity index is 4.58. The number of esters is 3. The molecule has 0 aliphatic rings. The standard InChI is InChI=1S/C58H90O6/c1-4-7-10-13-16-19-22-24-26-28-29-31-32-34-36-39-42-45-48-51-57(60)63-54-55(53-62-56(59)50-47-44-41-38-21-18-15-12-9-6-3)64-58(61)52-49-46-43-40-37-35-33-30-27-25-23-20-17-14-11-8-5-2/h7,10,13,15-16,18-19,22,24-29,31-36,40,43,55H,4-6,8-9,11-12,14,17,20-21,23,30,37-39,41-42,44-54H2,1-3H3/b10-7-,16-13-,18-15-,22-19-,26-24-,27-25-,29-28+,32-31-,35-33-,36-34-,43-40-. The van der Waals surface area contributed by atoms with Crippen molar-refractivity contribution in [1.82, 2.24) is 0 Å². The number of hydrogen-bond donors (Lipinski definition) is 0. The summed E-state index contributed by atoms with van der Waals surface area (Å²) in [6.45, 7) is 6.32. The van der Waals surface area contributed by atoms with Crippen LogP contribution in [0.3, 0.4) is 0 Å². The van der Waals surface area contributed by atoms with Gasteiger partial charge in [0.25, 0.3) is 0 Å². The molecule has 0 aromatic heterocycles.